The van der Waals surface area contributed by atoms with Crippen LogP contribution in [0.2, 0.25) is 0 Å². The smallest absolute Gasteiger partial charge is 0.282 e. The number of alkyl halides is 1. The number of fused-ring (bicyclic) bond motifs is 3. The van der Waals surface area contributed by atoms with Gasteiger partial charge in [0, 0.05) is 33.8 Å². The molecule has 1 heterocycles. The Morgan fingerprint density at radius 1 is 1.00 bits per heavy atom. The topological polar surface area (TPSA) is 98.3 Å². The van der Waals surface area contributed by atoms with E-state index in [9.17, 15) is 20.2 Å². The van der Waals surface area contributed by atoms with Crippen molar-refractivity contribution in [1.82, 2.24) is 0 Å². The zero-order chi connectivity index (χ0) is 24.0. The van der Waals surface area contributed by atoms with Crippen molar-refractivity contribution in [1.29, 1.82) is 0 Å². The zero-order valence-corrected chi connectivity index (χ0v) is 20.8. The molecular formula is C24H19BrClN3O4S. The Bertz CT molecular complexity index is 1280. The third kappa shape index (κ3) is 4.06. The van der Waals surface area contributed by atoms with Crippen LogP contribution in [-0.4, -0.2) is 20.5 Å². The molecule has 3 aromatic carbocycles. The molecule has 5 atom stereocenters. The lowest BCUT2D eigenvalue weighted by Crippen LogP contribution is -2.31. The molecule has 3 aromatic rings. The lowest BCUT2D eigenvalue weighted by atomic mass is 9.77. The van der Waals surface area contributed by atoms with E-state index >= 15 is 0 Å². The second-order valence-electron chi connectivity index (χ2n) is 8.43. The van der Waals surface area contributed by atoms with E-state index in [-0.39, 0.29) is 44.8 Å². The van der Waals surface area contributed by atoms with E-state index < -0.39 is 4.92 Å². The van der Waals surface area contributed by atoms with Crippen molar-refractivity contribution in [2.45, 2.75) is 33.9 Å². The molecule has 0 aromatic heterocycles. The Morgan fingerprint density at radius 3 is 2.41 bits per heavy atom. The summed E-state index contributed by atoms with van der Waals surface area (Å²) in [5.74, 6) is -0.0915. The van der Waals surface area contributed by atoms with Gasteiger partial charge in [0.1, 0.15) is 0 Å². The summed E-state index contributed by atoms with van der Waals surface area (Å²) in [4.78, 5) is 22.9. The zero-order valence-electron chi connectivity index (χ0n) is 17.6. The number of hydrogen-bond donors (Lipinski definition) is 1. The summed E-state index contributed by atoms with van der Waals surface area (Å²) in [5.41, 5.74) is 2.78. The highest BCUT2D eigenvalue weighted by Gasteiger charge is 2.51. The molecule has 1 N–H and O–H groups in total. The lowest BCUT2D eigenvalue weighted by Gasteiger charge is -2.38. The number of nitro benzene ring substituents is 2. The van der Waals surface area contributed by atoms with Crippen LogP contribution in [0.25, 0.3) is 0 Å². The van der Waals surface area contributed by atoms with Crippen molar-refractivity contribution >= 4 is 56.4 Å². The number of para-hydroxylation sites is 1. The Balaban J connectivity index is 1.58. The molecule has 10 heteroatoms. The van der Waals surface area contributed by atoms with Gasteiger partial charge in [-0.15, -0.1) is 23.4 Å². The van der Waals surface area contributed by atoms with E-state index in [1.54, 1.807) is 24.3 Å². The fourth-order valence-corrected chi connectivity index (χ4v) is 7.65. The predicted octanol–water partition coefficient (Wildman–Crippen LogP) is 7.30. The van der Waals surface area contributed by atoms with Crippen molar-refractivity contribution in [2.75, 3.05) is 5.32 Å². The highest BCUT2D eigenvalue weighted by Crippen LogP contribution is 2.59. The van der Waals surface area contributed by atoms with Crippen LogP contribution >= 0.6 is 39.3 Å². The second kappa shape index (κ2) is 9.20. The molecule has 5 rings (SSSR count). The first-order valence-electron chi connectivity index (χ1n) is 10.7. The number of nitrogens with one attached hydrogen (secondary N) is 1. The van der Waals surface area contributed by atoms with Gasteiger partial charge in [0.25, 0.3) is 11.4 Å². The minimum absolute atomic E-state index is 0.00278. The first-order valence-corrected chi connectivity index (χ1v) is 12.8. The van der Waals surface area contributed by atoms with Gasteiger partial charge in [-0.3, -0.25) is 20.2 Å². The minimum Gasteiger partial charge on any atom is -0.377 e. The third-order valence-corrected chi connectivity index (χ3v) is 9.30. The standard InChI is InChI=1S/C24H19BrClN3O4S/c25-17-11-14(28(30)31)10-15-21-16(23(27-24(15)17)13-6-2-1-3-7-13)12-20(22(21)26)34-19-9-5-4-8-18(19)29(32)33/h1-11,16,20-23,27H,12H2/t16-,20+,21-,22+,23+/m0/s1. The van der Waals surface area contributed by atoms with Gasteiger partial charge in [-0.2, -0.15) is 0 Å². The first-order chi connectivity index (χ1) is 16.3. The van der Waals surface area contributed by atoms with E-state index in [0.29, 0.717) is 15.8 Å². The van der Waals surface area contributed by atoms with Gasteiger partial charge in [0.2, 0.25) is 0 Å². The molecule has 0 amide bonds. The average Bonchev–Trinajstić information content (AvgIpc) is 3.15. The predicted molar refractivity (Wildman–Crippen MR) is 137 cm³/mol. The molecule has 7 nitrogen and oxygen atoms in total. The summed E-state index contributed by atoms with van der Waals surface area (Å²) in [7, 11) is 0. The number of nitrogens with zero attached hydrogens (tertiary/aromatic N) is 2. The Morgan fingerprint density at radius 2 is 1.71 bits per heavy atom. The summed E-state index contributed by atoms with van der Waals surface area (Å²) in [5, 5.41) is 26.3. The van der Waals surface area contributed by atoms with Crippen molar-refractivity contribution in [3.05, 3.63) is 103 Å². The van der Waals surface area contributed by atoms with Gasteiger partial charge >= 0.3 is 0 Å². The van der Waals surface area contributed by atoms with Crippen LogP contribution in [-0.2, 0) is 0 Å². The number of non-ortho nitro benzene ring substituents is 1. The van der Waals surface area contributed by atoms with Crippen LogP contribution in [0, 0.1) is 26.1 Å². The highest BCUT2D eigenvalue weighted by molar-refractivity contribution is 9.10. The Kier molecular flexibility index (Phi) is 6.26. The summed E-state index contributed by atoms with van der Waals surface area (Å²) >= 11 is 12.0. The maximum atomic E-state index is 11.6. The monoisotopic (exact) mass is 559 g/mol. The van der Waals surface area contributed by atoms with Crippen molar-refractivity contribution < 1.29 is 9.85 Å². The molecular weight excluding hydrogens is 542 g/mol. The van der Waals surface area contributed by atoms with Crippen LogP contribution < -0.4 is 5.32 Å². The number of hydrogen-bond acceptors (Lipinski definition) is 6. The second-order valence-corrected chi connectivity index (χ2v) is 11.1. The molecule has 1 aliphatic carbocycles. The van der Waals surface area contributed by atoms with Gasteiger partial charge in [-0.25, -0.2) is 0 Å². The van der Waals surface area contributed by atoms with Gasteiger partial charge < -0.3 is 5.32 Å². The molecule has 2 aliphatic rings. The minimum atomic E-state index is -0.402. The lowest BCUT2D eigenvalue weighted by molar-refractivity contribution is -0.387. The Labute approximate surface area is 213 Å². The Hall–Kier alpha value is -2.62. The summed E-state index contributed by atoms with van der Waals surface area (Å²) in [6.07, 6.45) is 0.710. The number of anilines is 1. The van der Waals surface area contributed by atoms with E-state index in [4.69, 9.17) is 11.6 Å². The quantitative estimate of drug-likeness (QED) is 0.200. The van der Waals surface area contributed by atoms with E-state index in [2.05, 4.69) is 33.4 Å². The van der Waals surface area contributed by atoms with Gasteiger partial charge in [0.15, 0.2) is 0 Å². The molecule has 1 aliphatic heterocycles. The molecule has 0 radical (unpaired) electrons. The van der Waals surface area contributed by atoms with E-state index in [0.717, 1.165) is 16.8 Å². The van der Waals surface area contributed by atoms with Crippen LogP contribution in [0.4, 0.5) is 17.1 Å². The van der Waals surface area contributed by atoms with E-state index in [1.807, 2.05) is 18.2 Å². The molecule has 34 heavy (non-hydrogen) atoms. The van der Waals surface area contributed by atoms with Crippen LogP contribution in [0.5, 0.6) is 0 Å². The summed E-state index contributed by atoms with van der Waals surface area (Å²) < 4.78 is 0.620. The molecule has 0 spiro atoms. The van der Waals surface area contributed by atoms with Gasteiger partial charge in [-0.05, 0) is 45.5 Å². The molecule has 0 bridgehead atoms. The molecule has 1 saturated carbocycles. The molecule has 0 saturated heterocycles. The number of nitro groups is 2. The largest absolute Gasteiger partial charge is 0.377 e. The van der Waals surface area contributed by atoms with Gasteiger partial charge in [0.05, 0.1) is 31.8 Å². The van der Waals surface area contributed by atoms with Crippen molar-refractivity contribution in [2.24, 2.45) is 5.92 Å². The number of halogens is 2. The third-order valence-electron chi connectivity index (χ3n) is 6.57. The van der Waals surface area contributed by atoms with Crippen LogP contribution in [0.15, 0.2) is 76.1 Å². The average molecular weight is 561 g/mol. The van der Waals surface area contributed by atoms with Crippen molar-refractivity contribution in [3.8, 4) is 0 Å². The number of thioether (sulfide) groups is 1. The maximum absolute atomic E-state index is 11.6. The fourth-order valence-electron chi connectivity index (χ4n) is 5.13. The SMILES string of the molecule is O=[N+]([O-])c1cc(Br)c2c(c1)[C@@H]1[C@H](Cl)[C@H](Sc3ccccc3[N+](=O)[O-])C[C@@H]1[C@@H](c1ccccc1)N2. The maximum Gasteiger partial charge on any atom is 0.282 e. The van der Waals surface area contributed by atoms with Gasteiger partial charge in [-0.1, -0.05) is 42.5 Å². The van der Waals surface area contributed by atoms with Crippen LogP contribution in [0.1, 0.15) is 29.5 Å². The number of rotatable bonds is 5. The first kappa shape index (κ1) is 23.1. The molecule has 174 valence electrons. The number of benzene rings is 3. The fraction of sp³-hybridized carbons (Fsp3) is 0.250. The van der Waals surface area contributed by atoms with E-state index in [1.165, 1.54) is 23.9 Å². The normalized spacial score (nSPS) is 25.2. The highest BCUT2D eigenvalue weighted by atomic mass is 79.9. The summed E-state index contributed by atoms with van der Waals surface area (Å²) in [6.45, 7) is 0. The van der Waals surface area contributed by atoms with Crippen LogP contribution in [0.3, 0.4) is 0 Å². The van der Waals surface area contributed by atoms with Crippen molar-refractivity contribution in [3.63, 3.8) is 0 Å². The summed E-state index contributed by atoms with van der Waals surface area (Å²) in [6, 6.07) is 19.8. The molecule has 1 fully saturated rings. The molecule has 0 unspecified atom stereocenters.